The minimum atomic E-state index is -0.818. The first-order chi connectivity index (χ1) is 20.4. The normalized spacial score (nSPS) is 19.5. The van der Waals surface area contributed by atoms with Gasteiger partial charge in [0.25, 0.3) is 0 Å². The number of benzene rings is 4. The highest BCUT2D eigenvalue weighted by Crippen LogP contribution is 2.53. The Morgan fingerprint density at radius 3 is 2.33 bits per heavy atom. The maximum Gasteiger partial charge on any atom is 0.308 e. The third kappa shape index (κ3) is 4.34. The Bertz CT molecular complexity index is 1930. The largest absolute Gasteiger partial charge is 0.324 e. The van der Waals surface area contributed by atoms with E-state index in [2.05, 4.69) is 5.32 Å². The van der Waals surface area contributed by atoms with Gasteiger partial charge in [-0.15, -0.1) is 0 Å². The van der Waals surface area contributed by atoms with Gasteiger partial charge in [-0.3, -0.25) is 23.7 Å². The Labute approximate surface area is 247 Å². The number of hydrogen-bond donors (Lipinski definition) is 1. The lowest BCUT2D eigenvalue weighted by Crippen LogP contribution is -2.33. The van der Waals surface area contributed by atoms with E-state index in [1.165, 1.54) is 21.6 Å². The number of fused-ring (bicyclic) bond motifs is 3. The van der Waals surface area contributed by atoms with Gasteiger partial charge in [-0.25, -0.2) is 9.29 Å². The Hall–Kier alpha value is -4.54. The number of nitrogens with one attached hydrogen (secondary N) is 1. The van der Waals surface area contributed by atoms with Crippen LogP contribution in [0.2, 0.25) is 0 Å². The molecule has 1 N–H and O–H groups in total. The maximum atomic E-state index is 13.9. The van der Waals surface area contributed by atoms with E-state index in [1.54, 1.807) is 48.5 Å². The van der Waals surface area contributed by atoms with Gasteiger partial charge in [0, 0.05) is 21.9 Å². The molecule has 0 spiro atoms. The molecule has 42 heavy (non-hydrogen) atoms. The van der Waals surface area contributed by atoms with Crippen LogP contribution in [0.4, 0.5) is 15.8 Å². The van der Waals surface area contributed by atoms with Crippen molar-refractivity contribution in [3.63, 3.8) is 0 Å². The van der Waals surface area contributed by atoms with Crippen molar-refractivity contribution in [3.8, 4) is 0 Å². The van der Waals surface area contributed by atoms with E-state index < -0.39 is 28.8 Å². The van der Waals surface area contributed by atoms with Crippen molar-refractivity contribution in [2.45, 2.75) is 22.7 Å². The zero-order valence-electron chi connectivity index (χ0n) is 21.9. The molecule has 208 valence electrons. The Morgan fingerprint density at radius 1 is 0.833 bits per heavy atom. The minimum absolute atomic E-state index is 0.265. The average molecular weight is 596 g/mol. The summed E-state index contributed by atoms with van der Waals surface area (Å²) >= 11 is 2.10. The number of aromatic nitrogens is 1. The number of hydrogen-bond acceptors (Lipinski definition) is 6. The van der Waals surface area contributed by atoms with Gasteiger partial charge in [0.1, 0.15) is 17.6 Å². The summed E-state index contributed by atoms with van der Waals surface area (Å²) in [7, 11) is 0. The molecule has 7 rings (SSSR count). The standard InChI is InChI=1S/C32H22FN3O4S2/c33-20-15-13-19(14-16-20)25-26-27(30(39)36(29(26)38)21-9-2-1-3-10-21)41-31-28(25)42-32(40)35(31)17-24(37)34-23-12-6-8-18-7-4-5-11-22(18)23/h1-16,25-27H,17H2,(H,34,37)/t25-,26?,27?/m1/s1. The maximum absolute atomic E-state index is 13.9. The molecule has 10 heteroatoms. The van der Waals surface area contributed by atoms with Gasteiger partial charge < -0.3 is 5.32 Å². The van der Waals surface area contributed by atoms with Crippen LogP contribution in [0, 0.1) is 11.7 Å². The summed E-state index contributed by atoms with van der Waals surface area (Å²) in [5, 5.41) is 4.42. The van der Waals surface area contributed by atoms with E-state index in [1.807, 2.05) is 36.4 Å². The van der Waals surface area contributed by atoms with Crippen LogP contribution in [0.3, 0.4) is 0 Å². The number of para-hydroxylation sites is 1. The first-order valence-electron chi connectivity index (χ1n) is 13.3. The second-order valence-corrected chi connectivity index (χ2v) is 12.3. The number of rotatable bonds is 5. The van der Waals surface area contributed by atoms with E-state index in [4.69, 9.17) is 0 Å². The average Bonchev–Trinajstić information content (AvgIpc) is 3.44. The number of anilines is 2. The third-order valence-corrected chi connectivity index (χ3v) is 10.3. The second kappa shape index (κ2) is 10.4. The van der Waals surface area contributed by atoms with Crippen molar-refractivity contribution in [3.05, 3.63) is 123 Å². The van der Waals surface area contributed by atoms with Crippen LogP contribution in [0.25, 0.3) is 10.8 Å². The van der Waals surface area contributed by atoms with Gasteiger partial charge >= 0.3 is 4.87 Å². The van der Waals surface area contributed by atoms with Crippen LogP contribution >= 0.6 is 23.1 Å². The number of thiazole rings is 1. The predicted molar refractivity (Wildman–Crippen MR) is 161 cm³/mol. The van der Waals surface area contributed by atoms with Crippen molar-refractivity contribution < 1.29 is 18.8 Å². The second-order valence-electron chi connectivity index (χ2n) is 10.1. The molecule has 1 aromatic heterocycles. The lowest BCUT2D eigenvalue weighted by Gasteiger charge is -2.30. The molecule has 0 bridgehead atoms. The fraction of sp³-hybridized carbons (Fsp3) is 0.125. The number of halogens is 1. The van der Waals surface area contributed by atoms with Gasteiger partial charge in [0.05, 0.1) is 16.6 Å². The third-order valence-electron chi connectivity index (χ3n) is 7.66. The monoisotopic (exact) mass is 595 g/mol. The van der Waals surface area contributed by atoms with Crippen molar-refractivity contribution >= 4 is 63.0 Å². The summed E-state index contributed by atoms with van der Waals surface area (Å²) in [4.78, 5) is 55.7. The van der Waals surface area contributed by atoms with Gasteiger partial charge in [0.2, 0.25) is 17.7 Å². The number of nitrogens with zero attached hydrogens (tertiary/aromatic N) is 2. The minimum Gasteiger partial charge on any atom is -0.324 e. The molecule has 4 aromatic carbocycles. The number of carbonyl (C=O) groups excluding carboxylic acids is 3. The Balaban J connectivity index is 1.28. The highest BCUT2D eigenvalue weighted by Gasteiger charge is 2.56. The summed E-state index contributed by atoms with van der Waals surface area (Å²) in [6, 6.07) is 27.8. The first-order valence-corrected chi connectivity index (χ1v) is 15.0. The van der Waals surface area contributed by atoms with E-state index in [9.17, 15) is 23.6 Å². The molecule has 3 amide bonds. The molecule has 3 atom stereocenters. The molecule has 7 nitrogen and oxygen atoms in total. The van der Waals surface area contributed by atoms with Crippen LogP contribution < -0.4 is 15.1 Å². The van der Waals surface area contributed by atoms with Crippen molar-refractivity contribution in [1.82, 2.24) is 4.57 Å². The summed E-state index contributed by atoms with van der Waals surface area (Å²) in [6.07, 6.45) is 0. The zero-order chi connectivity index (χ0) is 29.0. The van der Waals surface area contributed by atoms with Crippen LogP contribution in [0.15, 0.2) is 107 Å². The summed E-state index contributed by atoms with van der Waals surface area (Å²) < 4.78 is 15.3. The van der Waals surface area contributed by atoms with Crippen LogP contribution in [0.1, 0.15) is 16.4 Å². The van der Waals surface area contributed by atoms with Gasteiger partial charge in [-0.1, -0.05) is 89.8 Å². The number of imide groups is 1. The molecule has 0 aliphatic carbocycles. The van der Waals surface area contributed by atoms with E-state index in [0.717, 1.165) is 33.9 Å². The fourth-order valence-corrected chi connectivity index (χ4v) is 8.56. The lowest BCUT2D eigenvalue weighted by molar-refractivity contribution is -0.122. The topological polar surface area (TPSA) is 88.5 Å². The lowest BCUT2D eigenvalue weighted by atomic mass is 9.83. The number of amides is 3. The van der Waals surface area contributed by atoms with Gasteiger partial charge in [-0.05, 0) is 41.3 Å². The first kappa shape index (κ1) is 26.4. The van der Waals surface area contributed by atoms with Crippen LogP contribution in [-0.2, 0) is 20.9 Å². The predicted octanol–water partition coefficient (Wildman–Crippen LogP) is 5.64. The van der Waals surface area contributed by atoms with E-state index in [0.29, 0.717) is 26.8 Å². The van der Waals surface area contributed by atoms with Gasteiger partial charge in [0.15, 0.2) is 0 Å². The molecular formula is C32H22FN3O4S2. The quantitative estimate of drug-likeness (QED) is 0.266. The van der Waals surface area contributed by atoms with E-state index >= 15 is 0 Å². The highest BCUT2D eigenvalue weighted by atomic mass is 32.2. The molecular weight excluding hydrogens is 574 g/mol. The van der Waals surface area contributed by atoms with Gasteiger partial charge in [-0.2, -0.15) is 0 Å². The summed E-state index contributed by atoms with van der Waals surface area (Å²) in [5.74, 6) is -3.03. The Kier molecular flexibility index (Phi) is 6.52. The Morgan fingerprint density at radius 2 is 1.55 bits per heavy atom. The molecule has 5 aromatic rings. The van der Waals surface area contributed by atoms with Crippen molar-refractivity contribution in [2.24, 2.45) is 5.92 Å². The molecule has 1 fully saturated rings. The SMILES string of the molecule is O=C(Cn1c2c(sc1=O)[C@H](c1ccc(F)cc1)C1C(=O)N(c3ccccc3)C(=O)C1S2)Nc1cccc2ccccc12. The zero-order valence-corrected chi connectivity index (χ0v) is 23.5. The van der Waals surface area contributed by atoms with Crippen molar-refractivity contribution in [1.29, 1.82) is 0 Å². The van der Waals surface area contributed by atoms with Crippen molar-refractivity contribution in [2.75, 3.05) is 10.2 Å². The number of carbonyl (C=O) groups is 3. The molecule has 2 aliphatic rings. The molecule has 3 heterocycles. The molecule has 0 radical (unpaired) electrons. The molecule has 1 saturated heterocycles. The smallest absolute Gasteiger partial charge is 0.308 e. The molecule has 2 unspecified atom stereocenters. The summed E-state index contributed by atoms with van der Waals surface area (Å²) in [6.45, 7) is -0.265. The molecule has 2 aliphatic heterocycles. The molecule has 0 saturated carbocycles. The van der Waals surface area contributed by atoms with Crippen LogP contribution in [-0.4, -0.2) is 27.5 Å². The van der Waals surface area contributed by atoms with Crippen LogP contribution in [0.5, 0.6) is 0 Å². The van der Waals surface area contributed by atoms with E-state index in [-0.39, 0.29) is 23.2 Å². The highest BCUT2D eigenvalue weighted by molar-refractivity contribution is 8.00. The fourth-order valence-electron chi connectivity index (χ4n) is 5.78. The number of thioether (sulfide) groups is 1. The summed E-state index contributed by atoms with van der Waals surface area (Å²) in [5.41, 5.74) is 1.72.